The van der Waals surface area contributed by atoms with Gasteiger partial charge in [0.25, 0.3) is 3.79 Å². The number of aromatic nitrogens is 1. The third-order valence-corrected chi connectivity index (χ3v) is 2.12. The average molecular weight is 270 g/mol. The molecule has 1 heterocycles. The van der Waals surface area contributed by atoms with E-state index in [9.17, 15) is 9.59 Å². The van der Waals surface area contributed by atoms with E-state index < -0.39 is 15.5 Å². The Balaban J connectivity index is 2.95. The molecule has 1 aromatic heterocycles. The van der Waals surface area contributed by atoms with E-state index in [2.05, 4.69) is 9.72 Å². The zero-order valence-electron chi connectivity index (χ0n) is 7.51. The predicted molar refractivity (Wildman–Crippen MR) is 56.8 cm³/mol. The van der Waals surface area contributed by atoms with E-state index in [1.165, 1.54) is 19.4 Å². The van der Waals surface area contributed by atoms with Gasteiger partial charge in [0.15, 0.2) is 0 Å². The van der Waals surface area contributed by atoms with Crippen molar-refractivity contribution in [1.82, 2.24) is 4.98 Å². The minimum absolute atomic E-state index is 0.107. The molecule has 82 valence electrons. The van der Waals surface area contributed by atoms with Crippen LogP contribution in [0.2, 0.25) is 0 Å². The molecule has 0 radical (unpaired) electrons. The van der Waals surface area contributed by atoms with Crippen LogP contribution >= 0.6 is 34.8 Å². The smallest absolute Gasteiger partial charge is 0.354 e. The minimum Gasteiger partial charge on any atom is -0.464 e. The molecule has 1 aromatic rings. The van der Waals surface area contributed by atoms with Crippen molar-refractivity contribution >= 4 is 46.6 Å². The lowest BCUT2D eigenvalue weighted by molar-refractivity contribution is 0.0595. The van der Waals surface area contributed by atoms with E-state index in [0.717, 1.165) is 0 Å². The summed E-state index contributed by atoms with van der Waals surface area (Å²) in [6.45, 7) is 0. The van der Waals surface area contributed by atoms with Crippen LogP contribution in [0.4, 0.5) is 0 Å². The summed E-state index contributed by atoms with van der Waals surface area (Å²) < 4.78 is 2.40. The number of methoxy groups -OCH3 is 1. The highest BCUT2D eigenvalue weighted by atomic mass is 35.6. The lowest BCUT2D eigenvalue weighted by Gasteiger charge is -2.06. The molecular weight excluding hydrogens is 264 g/mol. The SMILES string of the molecule is COC(=O)c1cc(C(=O)C(Cl)(Cl)Cl)c[nH]1. The first-order valence-electron chi connectivity index (χ1n) is 3.74. The molecule has 0 aliphatic heterocycles. The number of Topliss-reactive ketones (excluding diaryl/α,β-unsaturated/α-hetero) is 1. The summed E-state index contributed by atoms with van der Waals surface area (Å²) in [5.41, 5.74) is 0.227. The Morgan fingerprint density at radius 3 is 2.47 bits per heavy atom. The lowest BCUT2D eigenvalue weighted by Crippen LogP contribution is -2.18. The van der Waals surface area contributed by atoms with Crippen molar-refractivity contribution in [1.29, 1.82) is 0 Å². The Morgan fingerprint density at radius 2 is 2.00 bits per heavy atom. The second-order valence-electron chi connectivity index (χ2n) is 2.62. The van der Waals surface area contributed by atoms with E-state index in [1.807, 2.05) is 0 Å². The summed E-state index contributed by atoms with van der Waals surface area (Å²) in [7, 11) is 1.22. The maximum absolute atomic E-state index is 11.4. The van der Waals surface area contributed by atoms with Crippen molar-refractivity contribution in [2.45, 2.75) is 3.79 Å². The van der Waals surface area contributed by atoms with Gasteiger partial charge in [0, 0.05) is 11.8 Å². The van der Waals surface area contributed by atoms with E-state index in [-0.39, 0.29) is 11.3 Å². The Kier molecular flexibility index (Phi) is 3.65. The standard InChI is InChI=1S/C8H6Cl3NO3/c1-15-7(14)5-2-4(3-12-5)6(13)8(9,10)11/h2-3,12H,1H3. The molecular formula is C8H6Cl3NO3. The number of halogens is 3. The molecule has 1 N–H and O–H groups in total. The first-order chi connectivity index (χ1) is 6.86. The van der Waals surface area contributed by atoms with Gasteiger partial charge in [-0.05, 0) is 6.07 Å². The van der Waals surface area contributed by atoms with Crippen molar-refractivity contribution in [3.8, 4) is 0 Å². The fourth-order valence-corrected chi connectivity index (χ4v) is 1.24. The molecule has 1 rings (SSSR count). The number of H-pyrrole nitrogens is 1. The van der Waals surface area contributed by atoms with E-state index in [4.69, 9.17) is 34.8 Å². The second kappa shape index (κ2) is 4.43. The lowest BCUT2D eigenvalue weighted by atomic mass is 10.2. The van der Waals surface area contributed by atoms with Crippen LogP contribution < -0.4 is 0 Å². The van der Waals surface area contributed by atoms with Gasteiger partial charge >= 0.3 is 5.97 Å². The highest BCUT2D eigenvalue weighted by Crippen LogP contribution is 2.30. The van der Waals surface area contributed by atoms with Crippen LogP contribution in [0.25, 0.3) is 0 Å². The van der Waals surface area contributed by atoms with Crippen molar-refractivity contribution in [2.24, 2.45) is 0 Å². The van der Waals surface area contributed by atoms with Crippen molar-refractivity contribution in [3.05, 3.63) is 23.5 Å². The topological polar surface area (TPSA) is 59.2 Å². The summed E-state index contributed by atoms with van der Waals surface area (Å²) in [6, 6.07) is 1.26. The fourth-order valence-electron chi connectivity index (χ4n) is 0.917. The van der Waals surface area contributed by atoms with Gasteiger partial charge < -0.3 is 9.72 Å². The maximum Gasteiger partial charge on any atom is 0.354 e. The molecule has 0 bridgehead atoms. The molecule has 0 amide bonds. The Hall–Kier alpha value is -0.710. The number of esters is 1. The molecule has 0 saturated heterocycles. The molecule has 0 aliphatic carbocycles. The minimum atomic E-state index is -2.03. The van der Waals surface area contributed by atoms with Gasteiger partial charge in [-0.15, -0.1) is 0 Å². The number of carbonyl (C=O) groups excluding carboxylic acids is 2. The number of nitrogens with one attached hydrogen (secondary N) is 1. The highest BCUT2D eigenvalue weighted by Gasteiger charge is 2.32. The number of aromatic amines is 1. The second-order valence-corrected chi connectivity index (χ2v) is 4.90. The number of alkyl halides is 3. The zero-order chi connectivity index (χ0) is 11.6. The Bertz CT molecular complexity index is 394. The summed E-state index contributed by atoms with van der Waals surface area (Å²) >= 11 is 16.2. The number of carbonyl (C=O) groups is 2. The van der Waals surface area contributed by atoms with Gasteiger partial charge in [-0.3, -0.25) is 4.79 Å². The predicted octanol–water partition coefficient (Wildman–Crippen LogP) is 2.35. The summed E-state index contributed by atoms with van der Waals surface area (Å²) in [5.74, 6) is -1.31. The van der Waals surface area contributed by atoms with E-state index >= 15 is 0 Å². The number of hydrogen-bond acceptors (Lipinski definition) is 3. The van der Waals surface area contributed by atoms with Gasteiger partial charge in [-0.1, -0.05) is 34.8 Å². The highest BCUT2D eigenvalue weighted by molar-refractivity contribution is 6.77. The normalized spacial score (nSPS) is 11.2. The number of rotatable bonds is 2. The van der Waals surface area contributed by atoms with E-state index in [0.29, 0.717) is 0 Å². The number of ether oxygens (including phenoxy) is 1. The largest absolute Gasteiger partial charge is 0.464 e. The third-order valence-electron chi connectivity index (χ3n) is 1.61. The molecule has 0 saturated carbocycles. The number of ketones is 1. The molecule has 0 fully saturated rings. The van der Waals surface area contributed by atoms with Gasteiger partial charge in [-0.2, -0.15) is 0 Å². The van der Waals surface area contributed by atoms with Crippen molar-refractivity contribution in [2.75, 3.05) is 7.11 Å². The molecule has 0 spiro atoms. The molecule has 0 aromatic carbocycles. The van der Waals surface area contributed by atoms with Gasteiger partial charge in [0.1, 0.15) is 5.69 Å². The molecule has 0 atom stereocenters. The summed E-state index contributed by atoms with van der Waals surface area (Å²) in [5, 5.41) is 0. The fraction of sp³-hybridized carbons (Fsp3) is 0.250. The van der Waals surface area contributed by atoms with Gasteiger partial charge in [0.2, 0.25) is 5.78 Å². The maximum atomic E-state index is 11.4. The molecule has 0 unspecified atom stereocenters. The summed E-state index contributed by atoms with van der Waals surface area (Å²) in [6.07, 6.45) is 1.27. The van der Waals surface area contributed by atoms with Crippen molar-refractivity contribution in [3.63, 3.8) is 0 Å². The van der Waals surface area contributed by atoms with Crippen LogP contribution in [0.5, 0.6) is 0 Å². The Labute approximate surface area is 100 Å². The van der Waals surface area contributed by atoms with Crippen LogP contribution in [-0.2, 0) is 4.74 Å². The molecule has 4 nitrogen and oxygen atoms in total. The quantitative estimate of drug-likeness (QED) is 0.510. The average Bonchev–Trinajstić information content (AvgIpc) is 2.62. The van der Waals surface area contributed by atoms with Crippen LogP contribution in [0.3, 0.4) is 0 Å². The van der Waals surface area contributed by atoms with Gasteiger partial charge in [0.05, 0.1) is 7.11 Å². The monoisotopic (exact) mass is 269 g/mol. The van der Waals surface area contributed by atoms with E-state index in [1.54, 1.807) is 0 Å². The number of hydrogen-bond donors (Lipinski definition) is 1. The first kappa shape index (κ1) is 12.4. The zero-order valence-corrected chi connectivity index (χ0v) is 9.78. The molecule has 0 aliphatic rings. The van der Waals surface area contributed by atoms with Crippen molar-refractivity contribution < 1.29 is 14.3 Å². The molecule has 7 heteroatoms. The van der Waals surface area contributed by atoms with Crippen LogP contribution in [0.15, 0.2) is 12.3 Å². The molecule has 15 heavy (non-hydrogen) atoms. The van der Waals surface area contributed by atoms with Crippen LogP contribution in [0, 0.1) is 0 Å². The van der Waals surface area contributed by atoms with Crippen LogP contribution in [-0.4, -0.2) is 27.6 Å². The van der Waals surface area contributed by atoms with Crippen LogP contribution in [0.1, 0.15) is 20.8 Å². The Morgan fingerprint density at radius 1 is 1.40 bits per heavy atom. The first-order valence-corrected chi connectivity index (χ1v) is 4.88. The third kappa shape index (κ3) is 2.87. The van der Waals surface area contributed by atoms with Gasteiger partial charge in [-0.25, -0.2) is 4.79 Å². The summed E-state index contributed by atoms with van der Waals surface area (Å²) in [4.78, 5) is 25.0.